The molecule has 0 saturated carbocycles. The molecule has 0 aromatic heterocycles. The summed E-state index contributed by atoms with van der Waals surface area (Å²) in [5.74, 6) is -0.342. The first kappa shape index (κ1) is 15.1. The van der Waals surface area contributed by atoms with Gasteiger partial charge in [0, 0.05) is 0 Å². The highest BCUT2D eigenvalue weighted by Crippen LogP contribution is 2.38. The lowest BCUT2D eigenvalue weighted by Gasteiger charge is -2.09. The highest BCUT2D eigenvalue weighted by atomic mass is 16.5. The van der Waals surface area contributed by atoms with Crippen molar-refractivity contribution in [3.05, 3.63) is 34.4 Å². The molecule has 0 spiro atoms. The lowest BCUT2D eigenvalue weighted by atomic mass is 9.99. The molecule has 0 saturated heterocycles. The van der Waals surface area contributed by atoms with Gasteiger partial charge in [-0.25, -0.2) is 0 Å². The van der Waals surface area contributed by atoms with Crippen molar-refractivity contribution in [1.29, 1.82) is 0 Å². The van der Waals surface area contributed by atoms with Crippen molar-refractivity contribution < 1.29 is 19.1 Å². The maximum Gasteiger partial charge on any atom is 0.309 e. The van der Waals surface area contributed by atoms with Gasteiger partial charge >= 0.3 is 11.9 Å². The molecule has 1 aromatic rings. The van der Waals surface area contributed by atoms with Gasteiger partial charge in [0.05, 0.1) is 25.0 Å². The molecule has 2 unspecified atom stereocenters. The van der Waals surface area contributed by atoms with Crippen LogP contribution in [0, 0.1) is 11.8 Å². The summed E-state index contributed by atoms with van der Waals surface area (Å²) in [7, 11) is 0. The maximum absolute atomic E-state index is 12.0. The first-order chi connectivity index (χ1) is 10.6. The van der Waals surface area contributed by atoms with Crippen molar-refractivity contribution in [3.63, 3.8) is 0 Å². The summed E-state index contributed by atoms with van der Waals surface area (Å²) < 4.78 is 10.3. The zero-order valence-electron chi connectivity index (χ0n) is 13.2. The van der Waals surface area contributed by atoms with Crippen LogP contribution in [0.2, 0.25) is 0 Å². The third-order valence-electron chi connectivity index (χ3n) is 4.70. The predicted octanol–water partition coefficient (Wildman–Crippen LogP) is 2.24. The van der Waals surface area contributed by atoms with Crippen molar-refractivity contribution >= 4 is 11.9 Å². The van der Waals surface area contributed by atoms with Gasteiger partial charge in [-0.3, -0.25) is 9.59 Å². The third-order valence-corrected chi connectivity index (χ3v) is 4.70. The van der Waals surface area contributed by atoms with E-state index in [-0.39, 0.29) is 23.8 Å². The average molecular weight is 302 g/mol. The van der Waals surface area contributed by atoms with E-state index >= 15 is 0 Å². The summed E-state index contributed by atoms with van der Waals surface area (Å²) in [5, 5.41) is 0. The van der Waals surface area contributed by atoms with E-state index in [1.54, 1.807) is 0 Å². The number of carbonyl (C=O) groups excluding carboxylic acids is 2. The van der Waals surface area contributed by atoms with Crippen LogP contribution in [0.3, 0.4) is 0 Å². The molecular weight excluding hydrogens is 280 g/mol. The van der Waals surface area contributed by atoms with Gasteiger partial charge < -0.3 is 9.47 Å². The number of carbonyl (C=O) groups is 2. The van der Waals surface area contributed by atoms with Crippen LogP contribution in [0.1, 0.15) is 36.1 Å². The summed E-state index contributed by atoms with van der Waals surface area (Å²) >= 11 is 0. The summed E-state index contributed by atoms with van der Waals surface area (Å²) in [6.45, 7) is 4.52. The first-order valence-electron chi connectivity index (χ1n) is 8.09. The number of esters is 2. The molecule has 4 nitrogen and oxygen atoms in total. The van der Waals surface area contributed by atoms with Gasteiger partial charge in [-0.1, -0.05) is 12.1 Å². The Balaban J connectivity index is 1.78. The van der Waals surface area contributed by atoms with Gasteiger partial charge in [0.15, 0.2) is 0 Å². The van der Waals surface area contributed by atoms with Crippen LogP contribution in [-0.4, -0.2) is 25.2 Å². The summed E-state index contributed by atoms with van der Waals surface area (Å²) in [6.07, 6.45) is 3.00. The van der Waals surface area contributed by atoms with E-state index in [0.29, 0.717) is 13.2 Å². The van der Waals surface area contributed by atoms with Crippen LogP contribution in [0.25, 0.3) is 0 Å². The van der Waals surface area contributed by atoms with E-state index in [1.807, 2.05) is 13.8 Å². The van der Waals surface area contributed by atoms with Crippen LogP contribution >= 0.6 is 0 Å². The highest BCUT2D eigenvalue weighted by molar-refractivity contribution is 5.77. The van der Waals surface area contributed by atoms with Gasteiger partial charge in [-0.2, -0.15) is 0 Å². The summed E-state index contributed by atoms with van der Waals surface area (Å²) in [6, 6.07) is 4.22. The normalized spacial score (nSPS) is 22.1. The average Bonchev–Trinajstić information content (AvgIpc) is 3.11. The fraction of sp³-hybridized carbons (Fsp3) is 0.556. The van der Waals surface area contributed by atoms with Crippen LogP contribution in [0.4, 0.5) is 0 Å². The second kappa shape index (κ2) is 6.11. The zero-order valence-corrected chi connectivity index (χ0v) is 13.2. The Bertz CT molecular complexity index is 552. The number of benzene rings is 1. The van der Waals surface area contributed by atoms with E-state index in [9.17, 15) is 9.59 Å². The molecule has 2 aliphatic carbocycles. The number of ether oxygens (including phenoxy) is 2. The van der Waals surface area contributed by atoms with E-state index in [2.05, 4.69) is 12.1 Å². The first-order valence-corrected chi connectivity index (χ1v) is 8.09. The van der Waals surface area contributed by atoms with Gasteiger partial charge in [0.25, 0.3) is 0 Å². The smallest absolute Gasteiger partial charge is 0.309 e. The SMILES string of the molecule is CCOC(=O)C1Cc2ccc3c(c2C1)CC(C(=O)OCC)C3. The van der Waals surface area contributed by atoms with Crippen molar-refractivity contribution in [2.45, 2.75) is 39.5 Å². The fourth-order valence-electron chi connectivity index (χ4n) is 3.70. The molecule has 0 amide bonds. The molecule has 22 heavy (non-hydrogen) atoms. The van der Waals surface area contributed by atoms with Crippen LogP contribution in [0.15, 0.2) is 12.1 Å². The topological polar surface area (TPSA) is 52.6 Å². The van der Waals surface area contributed by atoms with Crippen LogP contribution < -0.4 is 0 Å². The van der Waals surface area contributed by atoms with Gasteiger partial charge in [0.1, 0.15) is 0 Å². The Morgan fingerprint density at radius 2 is 1.27 bits per heavy atom. The van der Waals surface area contributed by atoms with Gasteiger partial charge in [-0.15, -0.1) is 0 Å². The number of rotatable bonds is 4. The van der Waals surface area contributed by atoms with E-state index < -0.39 is 0 Å². The van der Waals surface area contributed by atoms with Gasteiger partial charge in [0.2, 0.25) is 0 Å². The minimum Gasteiger partial charge on any atom is -0.466 e. The minimum atomic E-state index is -0.104. The largest absolute Gasteiger partial charge is 0.466 e. The molecule has 0 radical (unpaired) electrons. The molecule has 0 bridgehead atoms. The van der Waals surface area contributed by atoms with Crippen LogP contribution in [-0.2, 0) is 44.7 Å². The van der Waals surface area contributed by atoms with Crippen molar-refractivity contribution in [2.24, 2.45) is 11.8 Å². The quantitative estimate of drug-likeness (QED) is 0.801. The Morgan fingerprint density at radius 1 is 0.864 bits per heavy atom. The fourth-order valence-corrected chi connectivity index (χ4v) is 3.70. The van der Waals surface area contributed by atoms with E-state index in [1.165, 1.54) is 22.3 Å². The van der Waals surface area contributed by atoms with Crippen molar-refractivity contribution in [3.8, 4) is 0 Å². The second-order valence-corrected chi connectivity index (χ2v) is 6.06. The lowest BCUT2D eigenvalue weighted by Crippen LogP contribution is -2.18. The number of fused-ring (bicyclic) bond motifs is 3. The molecular formula is C18H22O4. The Labute approximate surface area is 130 Å². The molecule has 0 aliphatic heterocycles. The molecule has 4 heteroatoms. The molecule has 1 aromatic carbocycles. The lowest BCUT2D eigenvalue weighted by molar-refractivity contribution is -0.148. The predicted molar refractivity (Wildman–Crippen MR) is 81.5 cm³/mol. The highest BCUT2D eigenvalue weighted by Gasteiger charge is 2.36. The number of hydrogen-bond donors (Lipinski definition) is 0. The molecule has 2 atom stereocenters. The Kier molecular flexibility index (Phi) is 4.19. The minimum absolute atomic E-state index is 0.0666. The molecule has 118 valence electrons. The van der Waals surface area contributed by atoms with Crippen molar-refractivity contribution in [1.82, 2.24) is 0 Å². The van der Waals surface area contributed by atoms with E-state index in [0.717, 1.165) is 25.7 Å². The Hall–Kier alpha value is -1.84. The molecule has 0 heterocycles. The third kappa shape index (κ3) is 2.62. The maximum atomic E-state index is 12.0. The number of hydrogen-bond acceptors (Lipinski definition) is 4. The zero-order chi connectivity index (χ0) is 15.7. The molecule has 0 N–H and O–H groups in total. The van der Waals surface area contributed by atoms with E-state index in [4.69, 9.17) is 9.47 Å². The second-order valence-electron chi connectivity index (χ2n) is 6.06. The summed E-state index contributed by atoms with van der Waals surface area (Å²) in [4.78, 5) is 24.0. The molecule has 0 fully saturated rings. The monoisotopic (exact) mass is 302 g/mol. The standard InChI is InChI=1S/C18H22O4/c1-3-21-17(19)13-7-11-5-6-12-8-14(18(20)22-4-2)10-16(12)15(11)9-13/h5-6,13-14H,3-4,7-10H2,1-2H3. The molecule has 2 aliphatic rings. The van der Waals surface area contributed by atoms with Crippen molar-refractivity contribution in [2.75, 3.05) is 13.2 Å². The molecule has 3 rings (SSSR count). The van der Waals surface area contributed by atoms with Crippen LogP contribution in [0.5, 0.6) is 0 Å². The Morgan fingerprint density at radius 3 is 1.64 bits per heavy atom. The van der Waals surface area contributed by atoms with Gasteiger partial charge in [-0.05, 0) is 61.8 Å². The summed E-state index contributed by atoms with van der Waals surface area (Å²) in [5.41, 5.74) is 5.01.